The van der Waals surface area contributed by atoms with Crippen LogP contribution in [0.2, 0.25) is 0 Å². The minimum atomic E-state index is -1.18. The Morgan fingerprint density at radius 2 is 1.86 bits per heavy atom. The minimum absolute atomic E-state index is 0.0325. The van der Waals surface area contributed by atoms with E-state index in [0.717, 1.165) is 24.3 Å². The van der Waals surface area contributed by atoms with Crippen molar-refractivity contribution in [3.05, 3.63) is 59.2 Å². The number of aromatic hydroxyl groups is 1. The van der Waals surface area contributed by atoms with Gasteiger partial charge in [-0.15, -0.1) is 0 Å². The van der Waals surface area contributed by atoms with E-state index in [1.54, 1.807) is 6.92 Å². The van der Waals surface area contributed by atoms with Crippen LogP contribution in [0, 0.1) is 11.6 Å². The largest absolute Gasteiger partial charge is 0.508 e. The van der Waals surface area contributed by atoms with E-state index >= 15 is 0 Å². The summed E-state index contributed by atoms with van der Waals surface area (Å²) in [6.07, 6.45) is 0. The van der Waals surface area contributed by atoms with Gasteiger partial charge in [0.25, 0.3) is 0 Å². The van der Waals surface area contributed by atoms with Gasteiger partial charge in [-0.2, -0.15) is 0 Å². The molecule has 0 aliphatic rings. The average Bonchev–Trinajstić information content (AvgIpc) is 2.40. The zero-order valence-corrected chi connectivity index (χ0v) is 11.1. The van der Waals surface area contributed by atoms with Crippen LogP contribution in [0.15, 0.2) is 36.4 Å². The van der Waals surface area contributed by atoms with Crippen LogP contribution in [0.1, 0.15) is 28.9 Å². The lowest BCUT2D eigenvalue weighted by atomic mass is 10.1. The highest BCUT2D eigenvalue weighted by Crippen LogP contribution is 2.26. The molecule has 2 aromatic carbocycles. The van der Waals surface area contributed by atoms with Gasteiger partial charge in [-0.25, -0.2) is 13.6 Å². The Morgan fingerprint density at radius 3 is 2.48 bits per heavy atom. The van der Waals surface area contributed by atoms with Gasteiger partial charge >= 0.3 is 5.97 Å². The molecule has 0 amide bonds. The van der Waals surface area contributed by atoms with E-state index in [2.05, 4.69) is 5.32 Å². The summed E-state index contributed by atoms with van der Waals surface area (Å²) in [6.45, 7) is 1.60. The van der Waals surface area contributed by atoms with Crippen molar-refractivity contribution in [1.82, 2.24) is 0 Å². The lowest BCUT2D eigenvalue weighted by Gasteiger charge is -2.17. The van der Waals surface area contributed by atoms with Crippen LogP contribution in [0.3, 0.4) is 0 Å². The van der Waals surface area contributed by atoms with Gasteiger partial charge in [-0.1, -0.05) is 6.07 Å². The number of carboxylic acids is 1. The molecule has 0 aromatic heterocycles. The third-order valence-corrected chi connectivity index (χ3v) is 3.04. The Bertz CT molecular complexity index is 689. The summed E-state index contributed by atoms with van der Waals surface area (Å²) >= 11 is 0. The number of halogens is 2. The Labute approximate surface area is 119 Å². The van der Waals surface area contributed by atoms with E-state index in [9.17, 15) is 13.6 Å². The van der Waals surface area contributed by atoms with E-state index < -0.39 is 23.6 Å². The molecule has 4 nitrogen and oxygen atoms in total. The molecule has 0 bridgehead atoms. The van der Waals surface area contributed by atoms with Crippen LogP contribution in [0.25, 0.3) is 0 Å². The molecule has 3 N–H and O–H groups in total. The molecule has 1 unspecified atom stereocenters. The molecule has 0 radical (unpaired) electrons. The van der Waals surface area contributed by atoms with Gasteiger partial charge in [0.05, 0.1) is 17.3 Å². The number of hydrogen-bond acceptors (Lipinski definition) is 3. The number of hydrogen-bond donors (Lipinski definition) is 3. The highest BCUT2D eigenvalue weighted by atomic mass is 19.1. The summed E-state index contributed by atoms with van der Waals surface area (Å²) in [5.74, 6) is -2.65. The van der Waals surface area contributed by atoms with Gasteiger partial charge in [-0.3, -0.25) is 0 Å². The van der Waals surface area contributed by atoms with Crippen LogP contribution >= 0.6 is 0 Å². The predicted octanol–water partition coefficient (Wildman–Crippen LogP) is 3.54. The summed E-state index contributed by atoms with van der Waals surface area (Å²) in [4.78, 5) is 10.9. The molecule has 0 heterocycles. The number of phenols is 1. The Morgan fingerprint density at radius 1 is 1.14 bits per heavy atom. The Balaban J connectivity index is 2.28. The van der Waals surface area contributed by atoms with E-state index in [0.29, 0.717) is 0 Å². The number of carbonyl (C=O) groups is 1. The van der Waals surface area contributed by atoms with E-state index in [1.165, 1.54) is 12.1 Å². The molecular weight excluding hydrogens is 280 g/mol. The molecule has 6 heteroatoms. The van der Waals surface area contributed by atoms with Crippen molar-refractivity contribution in [2.24, 2.45) is 0 Å². The highest BCUT2D eigenvalue weighted by Gasteiger charge is 2.15. The van der Waals surface area contributed by atoms with E-state index in [4.69, 9.17) is 10.2 Å². The van der Waals surface area contributed by atoms with Crippen LogP contribution in [-0.4, -0.2) is 16.2 Å². The summed E-state index contributed by atoms with van der Waals surface area (Å²) in [6, 6.07) is 6.37. The van der Waals surface area contributed by atoms with Crippen molar-refractivity contribution in [2.75, 3.05) is 5.32 Å². The van der Waals surface area contributed by atoms with Crippen LogP contribution in [0.5, 0.6) is 5.75 Å². The van der Waals surface area contributed by atoms with Gasteiger partial charge in [0.15, 0.2) is 0 Å². The molecule has 0 aliphatic carbocycles. The summed E-state index contributed by atoms with van der Waals surface area (Å²) in [7, 11) is 0. The van der Waals surface area contributed by atoms with Crippen molar-refractivity contribution in [1.29, 1.82) is 0 Å². The quantitative estimate of drug-likeness (QED) is 0.806. The topological polar surface area (TPSA) is 69.6 Å². The normalized spacial score (nSPS) is 12.0. The first-order valence-corrected chi connectivity index (χ1v) is 6.16. The number of nitrogens with one attached hydrogen (secondary N) is 1. The van der Waals surface area contributed by atoms with Gasteiger partial charge < -0.3 is 15.5 Å². The Hall–Kier alpha value is -2.63. The molecule has 0 aliphatic heterocycles. The van der Waals surface area contributed by atoms with Gasteiger partial charge in [0, 0.05) is 11.6 Å². The molecule has 0 saturated heterocycles. The van der Waals surface area contributed by atoms with Crippen molar-refractivity contribution in [2.45, 2.75) is 13.0 Å². The maximum Gasteiger partial charge on any atom is 0.335 e. The summed E-state index contributed by atoms with van der Waals surface area (Å²) < 4.78 is 27.4. The molecule has 2 rings (SSSR count). The van der Waals surface area contributed by atoms with Gasteiger partial charge in [0.1, 0.15) is 17.4 Å². The minimum Gasteiger partial charge on any atom is -0.508 e. The smallest absolute Gasteiger partial charge is 0.335 e. The summed E-state index contributed by atoms with van der Waals surface area (Å²) in [5.41, 5.74) is 0.125. The van der Waals surface area contributed by atoms with Crippen molar-refractivity contribution in [3.63, 3.8) is 0 Å². The molecule has 110 valence electrons. The lowest BCUT2D eigenvalue weighted by molar-refractivity contribution is 0.0697. The molecular formula is C15H13F2NO3. The number of benzene rings is 2. The predicted molar refractivity (Wildman–Crippen MR) is 73.5 cm³/mol. The Kier molecular flexibility index (Phi) is 4.07. The number of anilines is 1. The zero-order chi connectivity index (χ0) is 15.6. The second kappa shape index (κ2) is 5.78. The number of carboxylic acid groups (broad SMARTS) is 1. The van der Waals surface area contributed by atoms with Crippen molar-refractivity contribution >= 4 is 11.7 Å². The number of phenolic OH excluding ortho intramolecular Hbond substituents is 1. The third-order valence-electron chi connectivity index (χ3n) is 3.04. The molecule has 0 saturated carbocycles. The number of aromatic carboxylic acids is 1. The van der Waals surface area contributed by atoms with Crippen LogP contribution in [-0.2, 0) is 0 Å². The fourth-order valence-corrected chi connectivity index (χ4v) is 1.95. The third kappa shape index (κ3) is 3.28. The molecule has 2 aromatic rings. The highest BCUT2D eigenvalue weighted by molar-refractivity contribution is 5.88. The van der Waals surface area contributed by atoms with Crippen molar-refractivity contribution in [3.8, 4) is 5.75 Å². The number of rotatable bonds is 4. The van der Waals surface area contributed by atoms with Gasteiger partial charge in [0.2, 0.25) is 0 Å². The fraction of sp³-hybridized carbons (Fsp3) is 0.133. The maximum absolute atomic E-state index is 13.7. The van der Waals surface area contributed by atoms with E-state index in [1.807, 2.05) is 0 Å². The lowest BCUT2D eigenvalue weighted by Crippen LogP contribution is -2.10. The molecule has 0 fully saturated rings. The first kappa shape index (κ1) is 14.8. The fourth-order valence-electron chi connectivity index (χ4n) is 1.95. The average molecular weight is 293 g/mol. The maximum atomic E-state index is 13.7. The first-order valence-electron chi connectivity index (χ1n) is 6.16. The first-order chi connectivity index (χ1) is 9.88. The standard InChI is InChI=1S/C15H13F2NO3/c1-8(11-4-3-10(19)7-13(11)17)18-14-6-9(15(20)21)2-5-12(14)16/h2-8,18-19H,1H3,(H,20,21). The molecule has 0 spiro atoms. The van der Waals surface area contributed by atoms with Gasteiger partial charge in [-0.05, 0) is 31.2 Å². The van der Waals surface area contributed by atoms with Crippen LogP contribution in [0.4, 0.5) is 14.5 Å². The van der Waals surface area contributed by atoms with E-state index in [-0.39, 0.29) is 22.6 Å². The second-order valence-corrected chi connectivity index (χ2v) is 4.57. The second-order valence-electron chi connectivity index (χ2n) is 4.57. The monoisotopic (exact) mass is 293 g/mol. The molecule has 21 heavy (non-hydrogen) atoms. The summed E-state index contributed by atoms with van der Waals surface area (Å²) in [5, 5.41) is 20.8. The zero-order valence-electron chi connectivity index (χ0n) is 11.1. The SMILES string of the molecule is CC(Nc1cc(C(=O)O)ccc1F)c1ccc(O)cc1F. The molecule has 1 atom stereocenters. The van der Waals surface area contributed by atoms with Crippen molar-refractivity contribution < 1.29 is 23.8 Å². The van der Waals surface area contributed by atoms with Crippen LogP contribution < -0.4 is 5.32 Å².